The van der Waals surface area contributed by atoms with Gasteiger partial charge in [0, 0.05) is 46.1 Å². The van der Waals surface area contributed by atoms with Crippen LogP contribution >= 0.6 is 31.9 Å². The van der Waals surface area contributed by atoms with E-state index in [-0.39, 0.29) is 0 Å². The van der Waals surface area contributed by atoms with Crippen molar-refractivity contribution < 1.29 is 9.13 Å². The highest BCUT2D eigenvalue weighted by Gasteiger charge is 2.07. The molecule has 30 heavy (non-hydrogen) atoms. The van der Waals surface area contributed by atoms with Crippen LogP contribution in [0.25, 0.3) is 11.1 Å². The molecule has 0 aliphatic heterocycles. The fourth-order valence-corrected chi connectivity index (χ4v) is 4.15. The molecule has 150 valence electrons. The summed E-state index contributed by atoms with van der Waals surface area (Å²) in [6.45, 7) is 1.76. The fraction of sp³-hybridized carbons (Fsp3) is 0.154. The molecule has 0 aliphatic carbocycles. The third-order valence-corrected chi connectivity index (χ3v) is 6.50. The molecule has 0 spiro atoms. The standard InChI is InChI=1S/C26H24Br2N2/c27-17-21-1-5-23(6-2-21)19-29-13-9-25(10-14-29)26-11-15-30(16-12-26)20-24-7-3-22(18-28)4-8-24/h1-16H,17-20H2/q+2. The smallest absolute Gasteiger partial charge is 0.173 e. The van der Waals surface area contributed by atoms with E-state index in [1.54, 1.807) is 0 Å². The Balaban J connectivity index is 1.40. The van der Waals surface area contributed by atoms with Gasteiger partial charge in [0.15, 0.2) is 37.9 Å². The van der Waals surface area contributed by atoms with Crippen molar-refractivity contribution in [1.82, 2.24) is 0 Å². The van der Waals surface area contributed by atoms with E-state index in [1.807, 2.05) is 0 Å². The molecule has 2 aromatic carbocycles. The summed E-state index contributed by atoms with van der Waals surface area (Å²) in [5.74, 6) is 0. The molecule has 0 saturated carbocycles. The molecule has 0 saturated heterocycles. The Morgan fingerprint density at radius 1 is 0.433 bits per heavy atom. The lowest BCUT2D eigenvalue weighted by molar-refractivity contribution is -0.688. The van der Waals surface area contributed by atoms with Crippen LogP contribution in [0.1, 0.15) is 22.3 Å². The lowest BCUT2D eigenvalue weighted by Gasteiger charge is -2.03. The van der Waals surface area contributed by atoms with Crippen molar-refractivity contribution in [3.05, 3.63) is 120 Å². The Bertz CT molecular complexity index is 981. The second-order valence-corrected chi connectivity index (χ2v) is 8.54. The van der Waals surface area contributed by atoms with Gasteiger partial charge in [-0.2, -0.15) is 0 Å². The molecule has 0 N–H and O–H groups in total. The molecule has 4 rings (SSSR count). The molecule has 0 fully saturated rings. The number of nitrogens with zero attached hydrogens (tertiary/aromatic N) is 2. The zero-order chi connectivity index (χ0) is 20.8. The number of hydrogen-bond acceptors (Lipinski definition) is 0. The number of alkyl halides is 2. The van der Waals surface area contributed by atoms with E-state index >= 15 is 0 Å². The van der Waals surface area contributed by atoms with Crippen LogP contribution < -0.4 is 9.13 Å². The van der Waals surface area contributed by atoms with Crippen molar-refractivity contribution in [2.75, 3.05) is 0 Å². The van der Waals surface area contributed by atoms with Crippen LogP contribution in [0, 0.1) is 0 Å². The number of benzene rings is 2. The Kier molecular flexibility index (Phi) is 7.08. The van der Waals surface area contributed by atoms with E-state index in [9.17, 15) is 0 Å². The molecule has 2 aromatic heterocycles. The summed E-state index contributed by atoms with van der Waals surface area (Å²) in [4.78, 5) is 0. The van der Waals surface area contributed by atoms with Crippen LogP contribution in [-0.4, -0.2) is 0 Å². The van der Waals surface area contributed by atoms with E-state index in [0.717, 1.165) is 23.7 Å². The van der Waals surface area contributed by atoms with Gasteiger partial charge >= 0.3 is 0 Å². The van der Waals surface area contributed by atoms with Crippen LogP contribution in [0.4, 0.5) is 0 Å². The van der Waals surface area contributed by atoms with Gasteiger partial charge in [-0.3, -0.25) is 0 Å². The topological polar surface area (TPSA) is 7.76 Å². The second-order valence-electron chi connectivity index (χ2n) is 7.42. The van der Waals surface area contributed by atoms with Crippen LogP contribution in [0.5, 0.6) is 0 Å². The van der Waals surface area contributed by atoms with Crippen molar-refractivity contribution in [3.8, 4) is 11.1 Å². The Labute approximate surface area is 195 Å². The molecule has 2 nitrogen and oxygen atoms in total. The van der Waals surface area contributed by atoms with E-state index in [0.29, 0.717) is 0 Å². The predicted octanol–water partition coefficient (Wildman–Crippen LogP) is 5.82. The van der Waals surface area contributed by atoms with Crippen molar-refractivity contribution >= 4 is 31.9 Å². The molecule has 0 atom stereocenters. The van der Waals surface area contributed by atoms with Gasteiger partial charge in [0.2, 0.25) is 0 Å². The van der Waals surface area contributed by atoms with E-state index in [2.05, 4.69) is 139 Å². The Morgan fingerprint density at radius 2 is 0.733 bits per heavy atom. The summed E-state index contributed by atoms with van der Waals surface area (Å²) in [5, 5.41) is 1.80. The minimum Gasteiger partial charge on any atom is -0.201 e. The summed E-state index contributed by atoms with van der Waals surface area (Å²) in [7, 11) is 0. The summed E-state index contributed by atoms with van der Waals surface area (Å²) in [6.07, 6.45) is 8.61. The number of aromatic nitrogens is 2. The van der Waals surface area contributed by atoms with Gasteiger partial charge in [-0.1, -0.05) is 80.4 Å². The monoisotopic (exact) mass is 522 g/mol. The summed E-state index contributed by atoms with van der Waals surface area (Å²) < 4.78 is 4.43. The fourth-order valence-electron chi connectivity index (χ4n) is 3.40. The molecule has 0 radical (unpaired) electrons. The first kappa shape index (κ1) is 21.0. The van der Waals surface area contributed by atoms with Gasteiger partial charge in [0.05, 0.1) is 0 Å². The molecule has 0 bridgehead atoms. The van der Waals surface area contributed by atoms with E-state index in [1.165, 1.54) is 33.4 Å². The van der Waals surface area contributed by atoms with E-state index in [4.69, 9.17) is 0 Å². The Hall–Kier alpha value is -2.30. The summed E-state index contributed by atoms with van der Waals surface area (Å²) >= 11 is 6.99. The molecule has 0 amide bonds. The van der Waals surface area contributed by atoms with Crippen LogP contribution in [0.3, 0.4) is 0 Å². The second kappa shape index (κ2) is 10.1. The first-order chi connectivity index (χ1) is 14.7. The molecule has 4 heteroatoms. The Morgan fingerprint density at radius 3 is 1.03 bits per heavy atom. The highest BCUT2D eigenvalue weighted by atomic mass is 79.9. The van der Waals surface area contributed by atoms with Gasteiger partial charge in [-0.15, -0.1) is 0 Å². The molecule has 0 unspecified atom stereocenters. The van der Waals surface area contributed by atoms with Crippen molar-refractivity contribution in [2.24, 2.45) is 0 Å². The third kappa shape index (κ3) is 5.44. The van der Waals surface area contributed by atoms with Crippen LogP contribution in [0.15, 0.2) is 97.6 Å². The third-order valence-electron chi connectivity index (χ3n) is 5.20. The molecule has 2 heterocycles. The summed E-state index contributed by atoms with van der Waals surface area (Å²) in [6, 6.07) is 26.2. The zero-order valence-electron chi connectivity index (χ0n) is 16.7. The van der Waals surface area contributed by atoms with Gasteiger partial charge in [0.1, 0.15) is 0 Å². The van der Waals surface area contributed by atoms with Gasteiger partial charge < -0.3 is 0 Å². The lowest BCUT2D eigenvalue weighted by atomic mass is 10.1. The van der Waals surface area contributed by atoms with Crippen LogP contribution in [0.2, 0.25) is 0 Å². The number of halogens is 2. The molecular weight excluding hydrogens is 500 g/mol. The normalized spacial score (nSPS) is 10.9. The maximum atomic E-state index is 3.50. The predicted molar refractivity (Wildman–Crippen MR) is 129 cm³/mol. The highest BCUT2D eigenvalue weighted by molar-refractivity contribution is 9.08. The average molecular weight is 524 g/mol. The van der Waals surface area contributed by atoms with Crippen LogP contribution in [-0.2, 0) is 23.7 Å². The van der Waals surface area contributed by atoms with Gasteiger partial charge in [-0.05, 0) is 22.3 Å². The maximum Gasteiger partial charge on any atom is 0.173 e. The maximum absolute atomic E-state index is 3.50. The van der Waals surface area contributed by atoms with E-state index < -0.39 is 0 Å². The lowest BCUT2D eigenvalue weighted by Crippen LogP contribution is -2.33. The summed E-state index contributed by atoms with van der Waals surface area (Å²) in [5.41, 5.74) is 7.68. The van der Waals surface area contributed by atoms with Gasteiger partial charge in [0.25, 0.3) is 0 Å². The highest BCUT2D eigenvalue weighted by Crippen LogP contribution is 2.16. The first-order valence-corrected chi connectivity index (χ1v) is 12.2. The number of hydrogen-bond donors (Lipinski definition) is 0. The minimum atomic E-state index is 0.880. The van der Waals surface area contributed by atoms with Crippen molar-refractivity contribution in [2.45, 2.75) is 23.7 Å². The quantitative estimate of drug-likeness (QED) is 0.213. The molecule has 4 aromatic rings. The number of pyridine rings is 2. The van der Waals surface area contributed by atoms with Gasteiger partial charge in [-0.25, -0.2) is 9.13 Å². The zero-order valence-corrected chi connectivity index (χ0v) is 19.9. The SMILES string of the molecule is BrCc1ccc(C[n+]2ccc(-c3cc[n+](Cc4ccc(CBr)cc4)cc3)cc2)cc1. The van der Waals surface area contributed by atoms with Crippen molar-refractivity contribution in [1.29, 1.82) is 0 Å². The minimum absolute atomic E-state index is 0.880. The average Bonchev–Trinajstić information content (AvgIpc) is 2.81. The molecular formula is C26H24Br2N2+2. The first-order valence-electron chi connectivity index (χ1n) is 9.99. The largest absolute Gasteiger partial charge is 0.201 e. The van der Waals surface area contributed by atoms with Crippen molar-refractivity contribution in [3.63, 3.8) is 0 Å². The number of rotatable bonds is 7. The molecule has 0 aliphatic rings.